The van der Waals surface area contributed by atoms with Gasteiger partial charge in [-0.1, -0.05) is 0 Å². The van der Waals surface area contributed by atoms with Gasteiger partial charge in [0.25, 0.3) is 0 Å². The second kappa shape index (κ2) is 3.78. The summed E-state index contributed by atoms with van der Waals surface area (Å²) in [5.41, 5.74) is -0.375. The first-order valence-electron chi connectivity index (χ1n) is 3.20. The Labute approximate surface area is 80.5 Å². The Hall–Kier alpha value is -1.04. The number of pyridine rings is 1. The van der Waals surface area contributed by atoms with Crippen molar-refractivity contribution in [2.24, 2.45) is 0 Å². The summed E-state index contributed by atoms with van der Waals surface area (Å²) >= 11 is 2.81. The quantitative estimate of drug-likeness (QED) is 0.646. The molecule has 0 atom stereocenters. The SMILES string of the molecule is O=C(c1ccc(O)c(Br)n1)C(F)F. The molecule has 0 unspecified atom stereocenters. The first kappa shape index (κ1) is 10.0. The van der Waals surface area contributed by atoms with Crippen LogP contribution in [0.25, 0.3) is 0 Å². The van der Waals surface area contributed by atoms with Gasteiger partial charge in [-0.3, -0.25) is 4.79 Å². The molecular weight excluding hydrogens is 248 g/mol. The van der Waals surface area contributed by atoms with E-state index in [9.17, 15) is 13.6 Å². The van der Waals surface area contributed by atoms with Crippen molar-refractivity contribution in [1.82, 2.24) is 4.98 Å². The van der Waals surface area contributed by atoms with Gasteiger partial charge >= 0.3 is 6.43 Å². The van der Waals surface area contributed by atoms with E-state index in [0.717, 1.165) is 12.1 Å². The number of ketones is 1. The fourth-order valence-corrected chi connectivity index (χ4v) is 0.999. The molecule has 1 heterocycles. The number of carbonyl (C=O) groups excluding carboxylic acids is 1. The number of aromatic hydroxyl groups is 1. The number of hydrogen-bond donors (Lipinski definition) is 1. The minimum Gasteiger partial charge on any atom is -0.505 e. The largest absolute Gasteiger partial charge is 0.505 e. The second-order valence-corrected chi connectivity index (χ2v) is 2.92. The lowest BCUT2D eigenvalue weighted by Gasteiger charge is -2.00. The molecule has 1 aromatic heterocycles. The summed E-state index contributed by atoms with van der Waals surface area (Å²) in [6.07, 6.45) is -3.08. The van der Waals surface area contributed by atoms with Crippen molar-refractivity contribution in [3.05, 3.63) is 22.4 Å². The van der Waals surface area contributed by atoms with E-state index in [0.29, 0.717) is 0 Å². The number of nitrogens with zero attached hydrogens (tertiary/aromatic N) is 1. The van der Waals surface area contributed by atoms with E-state index in [1.54, 1.807) is 0 Å². The summed E-state index contributed by atoms with van der Waals surface area (Å²) in [5, 5.41) is 8.96. The van der Waals surface area contributed by atoms with E-state index in [1.165, 1.54) is 0 Å². The number of halogens is 3. The van der Waals surface area contributed by atoms with Gasteiger partial charge in [-0.2, -0.15) is 0 Å². The van der Waals surface area contributed by atoms with E-state index in [1.807, 2.05) is 0 Å². The average molecular weight is 252 g/mol. The molecule has 1 rings (SSSR count). The van der Waals surface area contributed by atoms with Crippen LogP contribution in [0.4, 0.5) is 8.78 Å². The van der Waals surface area contributed by atoms with Crippen LogP contribution >= 0.6 is 15.9 Å². The van der Waals surface area contributed by atoms with Gasteiger partial charge in [0.05, 0.1) is 0 Å². The van der Waals surface area contributed by atoms with Crippen molar-refractivity contribution in [3.63, 3.8) is 0 Å². The Morgan fingerprint density at radius 3 is 2.62 bits per heavy atom. The van der Waals surface area contributed by atoms with Crippen LogP contribution in [0, 0.1) is 0 Å². The Balaban J connectivity index is 3.04. The molecular formula is C7H4BrF2NO2. The number of Topliss-reactive ketones (excluding diaryl/α,β-unsaturated/α-hetero) is 1. The molecule has 0 radical (unpaired) electrons. The third kappa shape index (κ3) is 2.21. The molecule has 0 aromatic carbocycles. The van der Waals surface area contributed by atoms with Gasteiger partial charge in [-0.05, 0) is 28.1 Å². The van der Waals surface area contributed by atoms with Crippen molar-refractivity contribution in [2.75, 3.05) is 0 Å². The molecule has 0 spiro atoms. The molecule has 1 N–H and O–H groups in total. The molecule has 1 aromatic rings. The van der Waals surface area contributed by atoms with Crippen LogP contribution in [0.15, 0.2) is 16.7 Å². The minimum absolute atomic E-state index is 0.0287. The van der Waals surface area contributed by atoms with E-state index in [4.69, 9.17) is 5.11 Å². The third-order valence-electron chi connectivity index (χ3n) is 1.28. The molecule has 0 aliphatic carbocycles. The Morgan fingerprint density at radius 1 is 1.54 bits per heavy atom. The maximum Gasteiger partial charge on any atom is 0.302 e. The summed E-state index contributed by atoms with van der Waals surface area (Å²) in [6.45, 7) is 0. The summed E-state index contributed by atoms with van der Waals surface area (Å²) in [5.74, 6) is -1.56. The molecule has 6 heteroatoms. The predicted molar refractivity (Wildman–Crippen MR) is 43.9 cm³/mol. The van der Waals surface area contributed by atoms with Crippen molar-refractivity contribution in [3.8, 4) is 5.75 Å². The van der Waals surface area contributed by atoms with Crippen LogP contribution in [-0.4, -0.2) is 22.3 Å². The lowest BCUT2D eigenvalue weighted by atomic mass is 10.2. The summed E-state index contributed by atoms with van der Waals surface area (Å²) in [7, 11) is 0. The number of hydrogen-bond acceptors (Lipinski definition) is 3. The Kier molecular flexibility index (Phi) is 2.92. The van der Waals surface area contributed by atoms with Crippen LogP contribution in [0.3, 0.4) is 0 Å². The molecule has 0 saturated carbocycles. The van der Waals surface area contributed by atoms with Gasteiger partial charge in [-0.25, -0.2) is 13.8 Å². The molecule has 13 heavy (non-hydrogen) atoms. The Morgan fingerprint density at radius 2 is 2.15 bits per heavy atom. The number of alkyl halides is 2. The fraction of sp³-hybridized carbons (Fsp3) is 0.143. The zero-order valence-electron chi connectivity index (χ0n) is 6.17. The van der Waals surface area contributed by atoms with E-state index >= 15 is 0 Å². The van der Waals surface area contributed by atoms with E-state index in [-0.39, 0.29) is 16.0 Å². The van der Waals surface area contributed by atoms with E-state index in [2.05, 4.69) is 20.9 Å². The lowest BCUT2D eigenvalue weighted by molar-refractivity contribution is 0.0673. The van der Waals surface area contributed by atoms with Gasteiger partial charge in [-0.15, -0.1) is 0 Å². The zero-order valence-corrected chi connectivity index (χ0v) is 7.75. The van der Waals surface area contributed by atoms with Gasteiger partial charge < -0.3 is 5.11 Å². The predicted octanol–water partition coefficient (Wildman–Crippen LogP) is 2.00. The number of rotatable bonds is 2. The first-order valence-corrected chi connectivity index (χ1v) is 3.99. The highest BCUT2D eigenvalue weighted by molar-refractivity contribution is 9.10. The molecule has 0 bridgehead atoms. The fourth-order valence-electron chi connectivity index (χ4n) is 0.676. The monoisotopic (exact) mass is 251 g/mol. The molecule has 0 aliphatic rings. The van der Waals surface area contributed by atoms with Crippen LogP contribution < -0.4 is 0 Å². The smallest absolute Gasteiger partial charge is 0.302 e. The first-order chi connectivity index (χ1) is 6.02. The number of carbonyl (C=O) groups is 1. The molecule has 0 fully saturated rings. The topological polar surface area (TPSA) is 50.2 Å². The minimum atomic E-state index is -3.08. The zero-order chi connectivity index (χ0) is 10.0. The van der Waals surface area contributed by atoms with Gasteiger partial charge in [0.15, 0.2) is 0 Å². The summed E-state index contributed by atoms with van der Waals surface area (Å²) in [4.78, 5) is 14.1. The van der Waals surface area contributed by atoms with Crippen molar-refractivity contribution >= 4 is 21.7 Å². The Bertz CT molecular complexity index is 343. The molecule has 0 aliphatic heterocycles. The molecule has 3 nitrogen and oxygen atoms in total. The maximum atomic E-state index is 11.9. The molecule has 70 valence electrons. The normalized spacial score (nSPS) is 10.5. The van der Waals surface area contributed by atoms with Crippen LogP contribution in [-0.2, 0) is 0 Å². The highest BCUT2D eigenvalue weighted by Gasteiger charge is 2.19. The molecule has 0 saturated heterocycles. The standard InChI is InChI=1S/C7H4BrF2NO2/c8-6-4(12)2-1-3(11-6)5(13)7(9)10/h1-2,7,12H. The van der Waals surface area contributed by atoms with Crippen molar-refractivity contribution in [2.45, 2.75) is 6.43 Å². The van der Waals surface area contributed by atoms with Crippen LogP contribution in [0.2, 0.25) is 0 Å². The van der Waals surface area contributed by atoms with E-state index < -0.39 is 12.2 Å². The number of aromatic nitrogens is 1. The second-order valence-electron chi connectivity index (χ2n) is 2.17. The van der Waals surface area contributed by atoms with Gasteiger partial charge in [0.2, 0.25) is 5.78 Å². The average Bonchev–Trinajstić information content (AvgIpc) is 2.08. The molecule has 0 amide bonds. The third-order valence-corrected chi connectivity index (χ3v) is 1.86. The van der Waals surface area contributed by atoms with Crippen LogP contribution in [0.1, 0.15) is 10.5 Å². The maximum absolute atomic E-state index is 11.9. The summed E-state index contributed by atoms with van der Waals surface area (Å²) in [6, 6.07) is 2.15. The summed E-state index contributed by atoms with van der Waals surface area (Å²) < 4.78 is 23.7. The van der Waals surface area contributed by atoms with Crippen molar-refractivity contribution in [1.29, 1.82) is 0 Å². The van der Waals surface area contributed by atoms with Crippen molar-refractivity contribution < 1.29 is 18.7 Å². The highest BCUT2D eigenvalue weighted by atomic mass is 79.9. The van der Waals surface area contributed by atoms with Gasteiger partial charge in [0, 0.05) is 0 Å². The highest BCUT2D eigenvalue weighted by Crippen LogP contribution is 2.21. The lowest BCUT2D eigenvalue weighted by Crippen LogP contribution is -2.11. The van der Waals surface area contributed by atoms with Crippen LogP contribution in [0.5, 0.6) is 5.75 Å². The van der Waals surface area contributed by atoms with Gasteiger partial charge in [0.1, 0.15) is 16.0 Å².